The Labute approximate surface area is 189 Å². The molecule has 0 fully saturated rings. The summed E-state index contributed by atoms with van der Waals surface area (Å²) < 4.78 is 5.74. The lowest BCUT2D eigenvalue weighted by molar-refractivity contribution is -0.115. The average Bonchev–Trinajstić information content (AvgIpc) is 3.20. The van der Waals surface area contributed by atoms with E-state index >= 15 is 0 Å². The minimum Gasteiger partial charge on any atom is -0.411 e. The van der Waals surface area contributed by atoms with E-state index in [2.05, 4.69) is 22.3 Å². The Morgan fingerprint density at radius 1 is 0.903 bits per heavy atom. The summed E-state index contributed by atoms with van der Waals surface area (Å²) in [5.41, 5.74) is 4.99. The largest absolute Gasteiger partial charge is 0.411 e. The van der Waals surface area contributed by atoms with Gasteiger partial charge in [0.25, 0.3) is 5.22 Å². The maximum atomic E-state index is 13.4. The van der Waals surface area contributed by atoms with Crippen LogP contribution >= 0.6 is 23.4 Å². The van der Waals surface area contributed by atoms with Crippen LogP contribution in [0.25, 0.3) is 11.5 Å². The summed E-state index contributed by atoms with van der Waals surface area (Å²) in [6, 6.07) is 23.3. The topological polar surface area (TPSA) is 59.2 Å². The molecule has 0 spiro atoms. The number of carbonyl (C=O) groups excluding carboxylic acids is 1. The van der Waals surface area contributed by atoms with E-state index in [1.807, 2.05) is 53.4 Å². The van der Waals surface area contributed by atoms with Crippen molar-refractivity contribution in [2.45, 2.75) is 18.1 Å². The van der Waals surface area contributed by atoms with Gasteiger partial charge in [-0.25, -0.2) is 0 Å². The number of fused-ring (bicyclic) bond motifs is 2. The molecular formula is C24H18ClN3O2S. The van der Waals surface area contributed by atoms with Crippen molar-refractivity contribution in [1.29, 1.82) is 0 Å². The second-order valence-corrected chi connectivity index (χ2v) is 8.52. The van der Waals surface area contributed by atoms with E-state index in [1.54, 1.807) is 12.1 Å². The van der Waals surface area contributed by atoms with Crippen molar-refractivity contribution in [2.24, 2.45) is 0 Å². The summed E-state index contributed by atoms with van der Waals surface area (Å²) in [5.74, 6) is 0.556. The fourth-order valence-electron chi connectivity index (χ4n) is 3.71. The Kier molecular flexibility index (Phi) is 5.49. The van der Waals surface area contributed by atoms with Crippen LogP contribution in [0, 0.1) is 0 Å². The second-order valence-electron chi connectivity index (χ2n) is 7.16. The molecule has 5 rings (SSSR count). The zero-order valence-electron chi connectivity index (χ0n) is 16.5. The predicted molar refractivity (Wildman–Crippen MR) is 123 cm³/mol. The first-order chi connectivity index (χ1) is 15.2. The Morgan fingerprint density at radius 3 is 2.16 bits per heavy atom. The molecule has 1 amide bonds. The van der Waals surface area contributed by atoms with Crippen LogP contribution in [0.2, 0.25) is 5.02 Å². The van der Waals surface area contributed by atoms with Crippen LogP contribution in [0.3, 0.4) is 0 Å². The number of carbonyl (C=O) groups is 1. The van der Waals surface area contributed by atoms with E-state index in [4.69, 9.17) is 16.0 Å². The fourth-order valence-corrected chi connectivity index (χ4v) is 4.45. The molecule has 31 heavy (non-hydrogen) atoms. The van der Waals surface area contributed by atoms with E-state index in [0.29, 0.717) is 16.1 Å². The lowest BCUT2D eigenvalue weighted by Crippen LogP contribution is -2.28. The van der Waals surface area contributed by atoms with Crippen LogP contribution in [-0.2, 0) is 17.6 Å². The Morgan fingerprint density at radius 2 is 1.52 bits per heavy atom. The molecule has 0 N–H and O–H groups in total. The van der Waals surface area contributed by atoms with Crippen molar-refractivity contribution in [3.05, 3.63) is 88.9 Å². The number of nitrogens with zero attached hydrogens (tertiary/aromatic N) is 3. The van der Waals surface area contributed by atoms with Crippen molar-refractivity contribution in [1.82, 2.24) is 10.2 Å². The number of aryl methyl sites for hydroxylation is 2. The van der Waals surface area contributed by atoms with Gasteiger partial charge < -0.3 is 4.42 Å². The number of anilines is 2. The highest BCUT2D eigenvalue weighted by atomic mass is 35.5. The number of para-hydroxylation sites is 2. The molecule has 154 valence electrons. The molecular weight excluding hydrogens is 430 g/mol. The smallest absolute Gasteiger partial charge is 0.277 e. The minimum absolute atomic E-state index is 0.0296. The normalized spacial score (nSPS) is 12.7. The molecule has 1 aliphatic heterocycles. The average molecular weight is 448 g/mol. The Balaban J connectivity index is 1.38. The summed E-state index contributed by atoms with van der Waals surface area (Å²) in [6.07, 6.45) is 1.80. The number of halogens is 1. The number of aromatic nitrogens is 2. The van der Waals surface area contributed by atoms with Gasteiger partial charge in [0.1, 0.15) is 0 Å². The van der Waals surface area contributed by atoms with Gasteiger partial charge in [-0.05, 0) is 60.4 Å². The van der Waals surface area contributed by atoms with Crippen LogP contribution in [-0.4, -0.2) is 21.9 Å². The zero-order chi connectivity index (χ0) is 21.2. The SMILES string of the molecule is O=C(CSc1nnc(-c2ccc(Cl)cc2)o1)N1c2ccccc2CCc2ccccc21. The summed E-state index contributed by atoms with van der Waals surface area (Å²) in [4.78, 5) is 15.2. The number of benzene rings is 3. The first kappa shape index (κ1) is 19.8. The van der Waals surface area contributed by atoms with E-state index in [-0.39, 0.29) is 11.7 Å². The maximum Gasteiger partial charge on any atom is 0.277 e. The standard InChI is InChI=1S/C24H18ClN3O2S/c25-19-13-11-18(12-14-19)23-26-27-24(30-23)31-15-22(29)28-20-7-3-1-5-16(20)9-10-17-6-2-4-8-21(17)28/h1-8,11-14H,9-10,15H2. The Hall–Kier alpha value is -3.09. The third-order valence-electron chi connectivity index (χ3n) is 5.19. The Bertz CT molecular complexity index is 1190. The van der Waals surface area contributed by atoms with Crippen LogP contribution in [0.4, 0.5) is 11.4 Å². The van der Waals surface area contributed by atoms with Gasteiger partial charge in [-0.15, -0.1) is 10.2 Å². The number of hydrogen-bond donors (Lipinski definition) is 0. The number of hydrogen-bond acceptors (Lipinski definition) is 5. The van der Waals surface area contributed by atoms with Crippen molar-refractivity contribution >= 4 is 40.6 Å². The number of thioether (sulfide) groups is 1. The predicted octanol–water partition coefficient (Wildman–Crippen LogP) is 5.95. The van der Waals surface area contributed by atoms with Crippen molar-refractivity contribution in [2.75, 3.05) is 10.7 Å². The van der Waals surface area contributed by atoms with E-state index < -0.39 is 0 Å². The molecule has 0 radical (unpaired) electrons. The molecule has 1 aromatic heterocycles. The summed E-state index contributed by atoms with van der Waals surface area (Å²) in [6.45, 7) is 0. The highest BCUT2D eigenvalue weighted by molar-refractivity contribution is 7.99. The van der Waals surface area contributed by atoms with Gasteiger partial charge in [-0.2, -0.15) is 0 Å². The molecule has 7 heteroatoms. The highest BCUT2D eigenvalue weighted by Gasteiger charge is 2.26. The molecule has 0 atom stereocenters. The molecule has 1 aliphatic rings. The summed E-state index contributed by atoms with van der Waals surface area (Å²) in [5, 5.41) is 9.17. The highest BCUT2D eigenvalue weighted by Crippen LogP contribution is 2.36. The molecule has 5 nitrogen and oxygen atoms in total. The minimum atomic E-state index is -0.0296. The third kappa shape index (κ3) is 4.09. The van der Waals surface area contributed by atoms with E-state index in [0.717, 1.165) is 29.8 Å². The monoisotopic (exact) mass is 447 g/mol. The van der Waals surface area contributed by atoms with Gasteiger partial charge in [0.15, 0.2) is 0 Å². The molecule has 0 aliphatic carbocycles. The van der Waals surface area contributed by atoms with Crippen molar-refractivity contribution in [3.63, 3.8) is 0 Å². The van der Waals surface area contributed by atoms with Gasteiger partial charge in [-0.1, -0.05) is 59.8 Å². The molecule has 0 bridgehead atoms. The maximum absolute atomic E-state index is 13.4. The third-order valence-corrected chi connectivity index (χ3v) is 6.25. The van der Waals surface area contributed by atoms with Crippen molar-refractivity contribution < 1.29 is 9.21 Å². The number of amides is 1. The van der Waals surface area contributed by atoms with Crippen LogP contribution < -0.4 is 4.90 Å². The first-order valence-electron chi connectivity index (χ1n) is 9.90. The van der Waals surface area contributed by atoms with Gasteiger partial charge in [0.2, 0.25) is 11.8 Å². The van der Waals surface area contributed by atoms with Crippen molar-refractivity contribution in [3.8, 4) is 11.5 Å². The lowest BCUT2D eigenvalue weighted by Gasteiger charge is -2.24. The first-order valence-corrected chi connectivity index (χ1v) is 11.3. The van der Waals surface area contributed by atoms with E-state index in [1.165, 1.54) is 22.9 Å². The van der Waals surface area contributed by atoms with Crippen LogP contribution in [0.5, 0.6) is 0 Å². The zero-order valence-corrected chi connectivity index (χ0v) is 18.1. The lowest BCUT2D eigenvalue weighted by atomic mass is 10.0. The molecule has 0 unspecified atom stereocenters. The molecule has 2 heterocycles. The molecule has 0 saturated carbocycles. The molecule has 4 aromatic rings. The van der Waals surface area contributed by atoms with Crippen LogP contribution in [0.1, 0.15) is 11.1 Å². The van der Waals surface area contributed by atoms with Gasteiger partial charge in [0, 0.05) is 10.6 Å². The summed E-state index contributed by atoms with van der Waals surface area (Å²) >= 11 is 7.17. The summed E-state index contributed by atoms with van der Waals surface area (Å²) in [7, 11) is 0. The molecule has 0 saturated heterocycles. The van der Waals surface area contributed by atoms with Gasteiger partial charge in [-0.3, -0.25) is 9.69 Å². The van der Waals surface area contributed by atoms with Gasteiger partial charge in [0.05, 0.1) is 17.1 Å². The van der Waals surface area contributed by atoms with Crippen LogP contribution in [0.15, 0.2) is 82.4 Å². The molecule has 3 aromatic carbocycles. The van der Waals surface area contributed by atoms with E-state index in [9.17, 15) is 4.79 Å². The quantitative estimate of drug-likeness (QED) is 0.362. The fraction of sp³-hybridized carbons (Fsp3) is 0.125. The number of rotatable bonds is 4. The second kappa shape index (κ2) is 8.57. The van der Waals surface area contributed by atoms with Gasteiger partial charge >= 0.3 is 0 Å².